The quantitative estimate of drug-likeness (QED) is 0.0200. The summed E-state index contributed by atoms with van der Waals surface area (Å²) in [5, 5.41) is 21.8. The number of carbonyl (C=O) groups is 3. The van der Waals surface area contributed by atoms with Crippen molar-refractivity contribution < 1.29 is 47.8 Å². The number of nitrogens with one attached hydrogen (secondary N) is 1. The first kappa shape index (κ1) is 58.7. The predicted molar refractivity (Wildman–Crippen MR) is 254 cm³/mol. The Kier molecular flexibility index (Phi) is 41.9. The summed E-state index contributed by atoms with van der Waals surface area (Å²) in [7, 11) is -4.78. The number of phosphoric ester groups is 1. The Hall–Kier alpha value is -3.34. The van der Waals surface area contributed by atoms with Gasteiger partial charge >= 0.3 is 19.8 Å². The Morgan fingerprint density at radius 1 is 0.516 bits per heavy atom. The van der Waals surface area contributed by atoms with E-state index in [1.54, 1.807) is 0 Å². The van der Waals surface area contributed by atoms with Crippen molar-refractivity contribution in [1.82, 2.24) is 5.32 Å². The minimum Gasteiger partial charge on any atom is -0.480 e. The van der Waals surface area contributed by atoms with E-state index in [2.05, 4.69) is 92.1 Å². The van der Waals surface area contributed by atoms with Crippen LogP contribution in [-0.4, -0.2) is 64.9 Å². The second-order valence-electron chi connectivity index (χ2n) is 15.6. The van der Waals surface area contributed by atoms with Gasteiger partial charge in [-0.05, 0) is 89.9 Å². The average molecular weight is 890 g/mol. The van der Waals surface area contributed by atoms with Crippen LogP contribution in [0.2, 0.25) is 0 Å². The average Bonchev–Trinajstić information content (AvgIpc) is 3.25. The first-order valence-electron chi connectivity index (χ1n) is 23.6. The number of esters is 1. The fraction of sp³-hybridized carbons (Fsp3) is 0.660. The monoisotopic (exact) mass is 890 g/mol. The summed E-state index contributed by atoms with van der Waals surface area (Å²) in [5.74, 6) is -2.47. The van der Waals surface area contributed by atoms with Gasteiger partial charge in [0.15, 0.2) is 6.04 Å². The van der Waals surface area contributed by atoms with Crippen LogP contribution < -0.4 is 5.32 Å². The molecule has 0 bridgehead atoms. The highest BCUT2D eigenvalue weighted by Gasteiger charge is 2.28. The van der Waals surface area contributed by atoms with E-state index in [9.17, 15) is 34.1 Å². The molecular weight excluding hydrogens is 806 g/mol. The lowest BCUT2D eigenvalue weighted by molar-refractivity contribution is -0.147. The molecule has 0 aliphatic carbocycles. The molecule has 1 amide bonds. The second-order valence-corrected chi connectivity index (χ2v) is 17.0. The van der Waals surface area contributed by atoms with E-state index in [4.69, 9.17) is 13.8 Å². The summed E-state index contributed by atoms with van der Waals surface area (Å²) in [4.78, 5) is 46.0. The van der Waals surface area contributed by atoms with Gasteiger partial charge in [0.1, 0.15) is 12.7 Å². The summed E-state index contributed by atoms with van der Waals surface area (Å²) in [6.45, 7) is 2.49. The third-order valence-corrected chi connectivity index (χ3v) is 10.6. The first-order chi connectivity index (χ1) is 30.1. The van der Waals surface area contributed by atoms with Crippen molar-refractivity contribution in [2.45, 2.75) is 193 Å². The van der Waals surface area contributed by atoms with E-state index >= 15 is 0 Å². The molecule has 0 aromatic heterocycles. The number of unbranched alkanes of at least 4 members (excludes halogenated alkanes) is 15. The molecular formula is C50H84NO10P. The van der Waals surface area contributed by atoms with Gasteiger partial charge in [0.2, 0.25) is 5.91 Å². The van der Waals surface area contributed by atoms with Gasteiger partial charge in [-0.15, -0.1) is 0 Å². The molecule has 354 valence electrons. The van der Waals surface area contributed by atoms with Crippen LogP contribution in [0.5, 0.6) is 0 Å². The zero-order valence-electron chi connectivity index (χ0n) is 38.4. The number of hydrogen-bond acceptors (Lipinski definition) is 8. The van der Waals surface area contributed by atoms with Gasteiger partial charge in [0, 0.05) is 12.8 Å². The van der Waals surface area contributed by atoms with Gasteiger partial charge in [-0.25, -0.2) is 9.36 Å². The number of aliphatic hydroxyl groups is 1. The first-order valence-corrected chi connectivity index (χ1v) is 25.1. The van der Waals surface area contributed by atoms with Crippen molar-refractivity contribution in [3.8, 4) is 0 Å². The van der Waals surface area contributed by atoms with Crippen molar-refractivity contribution >= 4 is 25.7 Å². The summed E-state index contributed by atoms with van der Waals surface area (Å²) in [5.41, 5.74) is 0. The highest BCUT2D eigenvalue weighted by molar-refractivity contribution is 7.47. The van der Waals surface area contributed by atoms with Gasteiger partial charge in [0.25, 0.3) is 0 Å². The highest BCUT2D eigenvalue weighted by atomic mass is 31.2. The van der Waals surface area contributed by atoms with Crippen molar-refractivity contribution in [1.29, 1.82) is 0 Å². The van der Waals surface area contributed by atoms with Crippen LogP contribution in [0.15, 0.2) is 85.1 Å². The second kappa shape index (κ2) is 44.3. The van der Waals surface area contributed by atoms with Gasteiger partial charge in [-0.3, -0.25) is 18.6 Å². The zero-order chi connectivity index (χ0) is 45.6. The SMILES string of the molecule is CCCCC/C=C\C/C=C\C/C=C\C/C=C\CCCC(=O)NC(COP(=O)(O)OCC(O)COC(=O)CCCCCCCCCC/C=C\C/C=C\C/C=C\CCCCC)C(=O)O. The van der Waals surface area contributed by atoms with E-state index in [0.717, 1.165) is 64.2 Å². The smallest absolute Gasteiger partial charge is 0.472 e. The Balaban J connectivity index is 3.95. The molecule has 0 saturated carbocycles. The van der Waals surface area contributed by atoms with Gasteiger partial charge in [-0.2, -0.15) is 0 Å². The lowest BCUT2D eigenvalue weighted by atomic mass is 10.1. The van der Waals surface area contributed by atoms with Crippen LogP contribution in [-0.2, 0) is 32.7 Å². The number of carboxylic acids is 1. The van der Waals surface area contributed by atoms with Crippen LogP contribution in [0.3, 0.4) is 0 Å². The minimum absolute atomic E-state index is 0.0650. The molecule has 0 spiro atoms. The highest BCUT2D eigenvalue weighted by Crippen LogP contribution is 2.43. The molecule has 0 aromatic rings. The molecule has 12 heteroatoms. The number of phosphoric acid groups is 1. The largest absolute Gasteiger partial charge is 0.480 e. The topological polar surface area (TPSA) is 169 Å². The van der Waals surface area contributed by atoms with E-state index in [-0.39, 0.29) is 12.8 Å². The lowest BCUT2D eigenvalue weighted by Gasteiger charge is -2.18. The van der Waals surface area contributed by atoms with Gasteiger partial charge in [-0.1, -0.05) is 163 Å². The number of aliphatic carboxylic acids is 1. The molecule has 0 aliphatic rings. The predicted octanol–water partition coefficient (Wildman–Crippen LogP) is 12.7. The molecule has 0 aliphatic heterocycles. The fourth-order valence-corrected chi connectivity index (χ4v) is 6.73. The third kappa shape index (κ3) is 43.3. The molecule has 4 N–H and O–H groups in total. The van der Waals surface area contributed by atoms with E-state index < -0.39 is 57.6 Å². The van der Waals surface area contributed by atoms with E-state index in [1.165, 1.54) is 70.6 Å². The molecule has 11 nitrogen and oxygen atoms in total. The Morgan fingerprint density at radius 2 is 0.903 bits per heavy atom. The molecule has 0 aromatic carbocycles. The number of ether oxygens (including phenoxy) is 1. The molecule has 0 radical (unpaired) electrons. The van der Waals surface area contributed by atoms with Crippen molar-refractivity contribution in [2.75, 3.05) is 19.8 Å². The lowest BCUT2D eigenvalue weighted by Crippen LogP contribution is -2.43. The number of hydrogen-bond donors (Lipinski definition) is 4. The standard InChI is InChI=1S/C50H84NO10P/c1-3-5-7-9-11-13-15-17-19-21-22-23-24-26-28-30-32-34-36-38-40-42-49(54)59-43-46(52)44-60-62(57,58)61-45-47(50(55)56)51-48(53)41-39-37-35-33-31-29-27-25-20-18-16-14-12-10-8-6-4-2/h11-14,17-20,22-23,27,29,33,35,46-47,52H,3-10,15-16,21,24-26,28,30-32,34,36-45H2,1-2H3,(H,51,53)(H,55,56)(H,57,58)/b13-11-,14-12-,19-17-,20-18-,23-22-,29-27-,35-33-. The molecule has 0 heterocycles. The van der Waals surface area contributed by atoms with Crippen LogP contribution >= 0.6 is 7.82 Å². The number of amides is 1. The number of aliphatic hydroxyl groups excluding tert-OH is 1. The fourth-order valence-electron chi connectivity index (χ4n) is 5.96. The maximum Gasteiger partial charge on any atom is 0.472 e. The summed E-state index contributed by atoms with van der Waals surface area (Å²) in [6, 6.07) is -1.58. The minimum atomic E-state index is -4.78. The Labute approximate surface area is 375 Å². The number of allylic oxidation sites excluding steroid dienone is 14. The van der Waals surface area contributed by atoms with E-state index in [0.29, 0.717) is 19.3 Å². The Bertz CT molecular complexity index is 1370. The summed E-state index contributed by atoms with van der Waals surface area (Å²) in [6.07, 6.45) is 54.7. The molecule has 0 fully saturated rings. The summed E-state index contributed by atoms with van der Waals surface area (Å²) >= 11 is 0. The molecule has 0 saturated heterocycles. The zero-order valence-corrected chi connectivity index (χ0v) is 39.3. The third-order valence-electron chi connectivity index (χ3n) is 9.66. The van der Waals surface area contributed by atoms with Crippen LogP contribution in [0.25, 0.3) is 0 Å². The molecule has 62 heavy (non-hydrogen) atoms. The summed E-state index contributed by atoms with van der Waals surface area (Å²) < 4.78 is 26.9. The maximum atomic E-state index is 12.3. The van der Waals surface area contributed by atoms with Crippen molar-refractivity contribution in [3.05, 3.63) is 85.1 Å². The van der Waals surface area contributed by atoms with Crippen molar-refractivity contribution in [2.24, 2.45) is 0 Å². The van der Waals surface area contributed by atoms with Crippen LogP contribution in [0, 0.1) is 0 Å². The van der Waals surface area contributed by atoms with Gasteiger partial charge < -0.3 is 25.2 Å². The molecule has 3 atom stereocenters. The van der Waals surface area contributed by atoms with Crippen LogP contribution in [0.4, 0.5) is 0 Å². The van der Waals surface area contributed by atoms with Crippen molar-refractivity contribution in [3.63, 3.8) is 0 Å². The molecule has 0 rings (SSSR count). The number of rotatable bonds is 43. The number of carboxylic acid groups (broad SMARTS) is 1. The maximum absolute atomic E-state index is 12.3. The van der Waals surface area contributed by atoms with Crippen LogP contribution in [0.1, 0.15) is 181 Å². The normalized spacial score (nSPS) is 14.4. The Morgan fingerprint density at radius 3 is 1.35 bits per heavy atom. The number of carbonyl (C=O) groups excluding carboxylic acids is 2. The van der Waals surface area contributed by atoms with Gasteiger partial charge in [0.05, 0.1) is 13.2 Å². The molecule has 3 unspecified atom stereocenters. The van der Waals surface area contributed by atoms with E-state index in [1.807, 2.05) is 12.2 Å².